The predicted molar refractivity (Wildman–Crippen MR) is 76.8 cm³/mol. The van der Waals surface area contributed by atoms with Gasteiger partial charge in [-0.05, 0) is 47.6 Å². The second-order valence-corrected chi connectivity index (χ2v) is 6.52. The first-order chi connectivity index (χ1) is 9.05. The number of aromatic nitrogens is 1. The van der Waals surface area contributed by atoms with E-state index < -0.39 is 29.7 Å². The Morgan fingerprint density at radius 1 is 1.20 bits per heavy atom. The molecule has 0 N–H and O–H groups in total. The van der Waals surface area contributed by atoms with E-state index in [1.54, 1.807) is 6.20 Å². The Bertz CT molecular complexity index is 564. The molecule has 20 heavy (non-hydrogen) atoms. The molecule has 0 amide bonds. The minimum Gasteiger partial charge on any atom is -0.399 e. The second-order valence-electron chi connectivity index (χ2n) is 6.52. The van der Waals surface area contributed by atoms with Gasteiger partial charge >= 0.3 is 7.12 Å². The Morgan fingerprint density at radius 3 is 2.15 bits per heavy atom. The molecule has 0 atom stereocenters. The maximum absolute atomic E-state index is 13.8. The average molecular weight is 281 g/mol. The largest absolute Gasteiger partial charge is 0.496 e. The van der Waals surface area contributed by atoms with Gasteiger partial charge in [0.15, 0.2) is 5.82 Å². The molecule has 0 bridgehead atoms. The summed E-state index contributed by atoms with van der Waals surface area (Å²) in [4.78, 5) is 11.7. The van der Waals surface area contributed by atoms with Crippen molar-refractivity contribution in [1.82, 2.24) is 4.57 Å². The van der Waals surface area contributed by atoms with Crippen molar-refractivity contribution >= 4 is 12.6 Å². The zero-order valence-electron chi connectivity index (χ0n) is 12.9. The summed E-state index contributed by atoms with van der Waals surface area (Å²) in [5.41, 5.74) is -1.09. The molecular weight excluding hydrogens is 260 g/mol. The Hall–Kier alpha value is -1.14. The van der Waals surface area contributed by atoms with Crippen molar-refractivity contribution in [1.29, 1.82) is 0 Å². The van der Waals surface area contributed by atoms with Gasteiger partial charge in [0.05, 0.1) is 11.2 Å². The van der Waals surface area contributed by atoms with Crippen molar-refractivity contribution in [3.63, 3.8) is 0 Å². The van der Waals surface area contributed by atoms with Gasteiger partial charge in [-0.15, -0.1) is 0 Å². The highest BCUT2D eigenvalue weighted by atomic mass is 19.1. The number of rotatable bonds is 2. The van der Waals surface area contributed by atoms with E-state index in [-0.39, 0.29) is 6.04 Å². The lowest BCUT2D eigenvalue weighted by atomic mass is 9.80. The van der Waals surface area contributed by atoms with Crippen LogP contribution in [-0.2, 0) is 9.31 Å². The van der Waals surface area contributed by atoms with Crippen molar-refractivity contribution in [2.24, 2.45) is 0 Å². The van der Waals surface area contributed by atoms with Crippen molar-refractivity contribution in [2.75, 3.05) is 0 Å². The van der Waals surface area contributed by atoms with Gasteiger partial charge in [-0.25, -0.2) is 4.39 Å². The van der Waals surface area contributed by atoms with E-state index in [2.05, 4.69) is 0 Å². The quantitative estimate of drug-likeness (QED) is 0.777. The lowest BCUT2D eigenvalue weighted by molar-refractivity contribution is 0.00578. The van der Waals surface area contributed by atoms with Gasteiger partial charge in [-0.1, -0.05) is 0 Å². The molecule has 1 aromatic heterocycles. The number of hydrogen-bond donors (Lipinski definition) is 0. The van der Waals surface area contributed by atoms with Crippen LogP contribution in [0.4, 0.5) is 4.39 Å². The van der Waals surface area contributed by atoms with Crippen LogP contribution >= 0.6 is 0 Å². The van der Waals surface area contributed by atoms with E-state index >= 15 is 0 Å². The van der Waals surface area contributed by atoms with Crippen LogP contribution in [-0.4, -0.2) is 22.9 Å². The molecule has 0 saturated carbocycles. The first kappa shape index (κ1) is 15.3. The minimum atomic E-state index is -0.786. The summed E-state index contributed by atoms with van der Waals surface area (Å²) in [6.45, 7) is 11.4. The Labute approximate surface area is 119 Å². The standard InChI is InChI=1S/C14H21BFNO3/c1-9(2)17-8-10(7-11(16)12(17)18)15-19-13(3,4)14(5,6)20-15/h7-9H,1-6H3. The highest BCUT2D eigenvalue weighted by Gasteiger charge is 2.52. The lowest BCUT2D eigenvalue weighted by Gasteiger charge is -2.32. The molecule has 1 fully saturated rings. The molecule has 1 aliphatic heterocycles. The molecule has 6 heteroatoms. The third kappa shape index (κ3) is 2.42. The average Bonchev–Trinajstić information content (AvgIpc) is 2.51. The summed E-state index contributed by atoms with van der Waals surface area (Å²) in [5.74, 6) is -0.786. The fourth-order valence-electron chi connectivity index (χ4n) is 2.08. The van der Waals surface area contributed by atoms with Crippen molar-refractivity contribution in [3.8, 4) is 0 Å². The third-order valence-electron chi connectivity index (χ3n) is 4.10. The van der Waals surface area contributed by atoms with Gasteiger partial charge in [0, 0.05) is 17.7 Å². The number of halogens is 1. The van der Waals surface area contributed by atoms with Gasteiger partial charge in [0.2, 0.25) is 0 Å². The SMILES string of the molecule is CC(C)n1cc(B2OC(C)(C)C(C)(C)O2)cc(F)c1=O. The summed E-state index contributed by atoms with van der Waals surface area (Å²) in [5, 5.41) is 0. The van der Waals surface area contributed by atoms with E-state index in [1.807, 2.05) is 41.5 Å². The van der Waals surface area contributed by atoms with Crippen LogP contribution in [0.5, 0.6) is 0 Å². The molecule has 0 spiro atoms. The van der Waals surface area contributed by atoms with Crippen LogP contribution in [0.1, 0.15) is 47.6 Å². The van der Waals surface area contributed by atoms with Gasteiger partial charge in [0.25, 0.3) is 5.56 Å². The normalized spacial score (nSPS) is 20.7. The van der Waals surface area contributed by atoms with E-state index in [0.717, 1.165) is 0 Å². The third-order valence-corrected chi connectivity index (χ3v) is 4.10. The first-order valence-corrected chi connectivity index (χ1v) is 6.82. The van der Waals surface area contributed by atoms with Crippen LogP contribution in [0.2, 0.25) is 0 Å². The van der Waals surface area contributed by atoms with Gasteiger partial charge in [0.1, 0.15) is 0 Å². The van der Waals surface area contributed by atoms with E-state index in [0.29, 0.717) is 5.46 Å². The molecule has 4 nitrogen and oxygen atoms in total. The summed E-state index contributed by atoms with van der Waals surface area (Å²) in [7, 11) is -0.667. The highest BCUT2D eigenvalue weighted by molar-refractivity contribution is 6.62. The van der Waals surface area contributed by atoms with Crippen molar-refractivity contribution in [3.05, 3.63) is 28.4 Å². The molecule has 0 aromatic carbocycles. The summed E-state index contributed by atoms with van der Waals surface area (Å²) in [6, 6.07) is 1.07. The van der Waals surface area contributed by atoms with Crippen molar-refractivity contribution < 1.29 is 13.7 Å². The highest BCUT2D eigenvalue weighted by Crippen LogP contribution is 2.36. The zero-order chi connectivity index (χ0) is 15.3. The smallest absolute Gasteiger partial charge is 0.399 e. The molecule has 0 unspecified atom stereocenters. The fourth-order valence-corrected chi connectivity index (χ4v) is 2.08. The Balaban J connectivity index is 2.44. The van der Waals surface area contributed by atoms with Gasteiger partial charge in [-0.3, -0.25) is 4.79 Å². The van der Waals surface area contributed by atoms with E-state index in [1.165, 1.54) is 10.6 Å². The maximum atomic E-state index is 13.8. The van der Waals surface area contributed by atoms with Gasteiger partial charge < -0.3 is 13.9 Å². The summed E-state index contributed by atoms with van der Waals surface area (Å²) < 4.78 is 26.9. The topological polar surface area (TPSA) is 40.5 Å². The zero-order valence-corrected chi connectivity index (χ0v) is 12.9. The molecule has 110 valence electrons. The Kier molecular flexibility index (Phi) is 3.59. The second kappa shape index (κ2) is 4.70. The summed E-state index contributed by atoms with van der Waals surface area (Å²) in [6.07, 6.45) is 1.61. The predicted octanol–water partition coefficient (Wildman–Crippen LogP) is 1.87. The van der Waals surface area contributed by atoms with Crippen LogP contribution in [0.3, 0.4) is 0 Å². The maximum Gasteiger partial charge on any atom is 0.496 e. The number of nitrogens with zero attached hydrogens (tertiary/aromatic N) is 1. The van der Waals surface area contributed by atoms with Gasteiger partial charge in [-0.2, -0.15) is 0 Å². The minimum absolute atomic E-state index is 0.126. The molecular formula is C14H21BFNO3. The fraction of sp³-hybridized carbons (Fsp3) is 0.643. The lowest BCUT2D eigenvalue weighted by Crippen LogP contribution is -2.41. The molecule has 0 aliphatic carbocycles. The van der Waals surface area contributed by atoms with Crippen LogP contribution in [0.25, 0.3) is 0 Å². The molecule has 0 radical (unpaired) electrons. The van der Waals surface area contributed by atoms with Crippen LogP contribution in [0, 0.1) is 5.82 Å². The molecule has 1 saturated heterocycles. The molecule has 2 heterocycles. The van der Waals surface area contributed by atoms with E-state index in [9.17, 15) is 9.18 Å². The monoisotopic (exact) mass is 281 g/mol. The molecule has 2 rings (SSSR count). The first-order valence-electron chi connectivity index (χ1n) is 6.82. The Morgan fingerprint density at radius 2 is 1.70 bits per heavy atom. The van der Waals surface area contributed by atoms with E-state index in [4.69, 9.17) is 9.31 Å². The molecule has 1 aliphatic rings. The molecule has 1 aromatic rings. The number of pyridine rings is 1. The van der Waals surface area contributed by atoms with Crippen LogP contribution < -0.4 is 11.0 Å². The van der Waals surface area contributed by atoms with Crippen molar-refractivity contribution in [2.45, 2.75) is 58.8 Å². The number of hydrogen-bond acceptors (Lipinski definition) is 3. The summed E-state index contributed by atoms with van der Waals surface area (Å²) >= 11 is 0. The van der Waals surface area contributed by atoms with Crippen LogP contribution in [0.15, 0.2) is 17.1 Å².